The van der Waals surface area contributed by atoms with Crippen molar-refractivity contribution in [1.82, 2.24) is 15.0 Å². The predicted molar refractivity (Wildman–Crippen MR) is 227 cm³/mol. The zero-order chi connectivity index (χ0) is 40.6. The zero-order valence-corrected chi connectivity index (χ0v) is 29.3. The summed E-state index contributed by atoms with van der Waals surface area (Å²) < 4.78 is 48.6. The second kappa shape index (κ2) is 12.6. The highest BCUT2D eigenvalue weighted by Gasteiger charge is 2.20. The summed E-state index contributed by atoms with van der Waals surface area (Å²) in [4.78, 5) is 15.0. The molecule has 0 atom stereocenters. The van der Waals surface area contributed by atoms with Crippen molar-refractivity contribution in [2.45, 2.75) is 0 Å². The van der Waals surface area contributed by atoms with Crippen LogP contribution in [0.4, 0.5) is 0 Å². The Morgan fingerprint density at radius 3 is 1.69 bits per heavy atom. The number of nitrogens with zero attached hydrogens (tertiary/aromatic N) is 3. The van der Waals surface area contributed by atoms with Gasteiger partial charge in [0.25, 0.3) is 0 Å². The summed E-state index contributed by atoms with van der Waals surface area (Å²) in [6.07, 6.45) is 0. The molecule has 11 aromatic rings. The molecular formula is C51H31N3O. The fraction of sp³-hybridized carbons (Fsp3) is 0. The number of benzene rings is 9. The SMILES string of the molecule is [2H]c1c([2H])c([2H])c(-c2cccc(-c3nc(-c4ccccc4)nc(-c4cccc5c4oc4cccc(-c6ccc7c8ccccc8c8ccccc8c7c6)c45)n3)c2)c([2H])c1[2H]. The van der Waals surface area contributed by atoms with E-state index in [2.05, 4.69) is 78.9 Å². The zero-order valence-electron chi connectivity index (χ0n) is 34.3. The molecule has 256 valence electrons. The first-order valence-corrected chi connectivity index (χ1v) is 18.1. The summed E-state index contributed by atoms with van der Waals surface area (Å²) in [6, 6.07) is 51.1. The van der Waals surface area contributed by atoms with E-state index in [0.29, 0.717) is 39.7 Å². The van der Waals surface area contributed by atoms with Gasteiger partial charge >= 0.3 is 0 Å². The molecular weight excluding hydrogens is 671 g/mol. The number of hydrogen-bond donors (Lipinski definition) is 0. The lowest BCUT2D eigenvalue weighted by Gasteiger charge is -2.12. The Bertz CT molecular complexity index is 3500. The smallest absolute Gasteiger partial charge is 0.167 e. The molecule has 0 aliphatic rings. The summed E-state index contributed by atoms with van der Waals surface area (Å²) in [5.41, 5.74) is 6.14. The third-order valence-corrected chi connectivity index (χ3v) is 10.4. The number of aromatic nitrogens is 3. The van der Waals surface area contributed by atoms with Gasteiger partial charge in [0.1, 0.15) is 11.2 Å². The minimum absolute atomic E-state index is 0.108. The van der Waals surface area contributed by atoms with Crippen molar-refractivity contribution in [2.75, 3.05) is 0 Å². The molecule has 0 aliphatic carbocycles. The van der Waals surface area contributed by atoms with Gasteiger partial charge in [-0.3, -0.25) is 0 Å². The minimum Gasteiger partial charge on any atom is -0.455 e. The summed E-state index contributed by atoms with van der Waals surface area (Å²) >= 11 is 0. The fourth-order valence-electron chi connectivity index (χ4n) is 7.89. The quantitative estimate of drug-likeness (QED) is 0.167. The van der Waals surface area contributed by atoms with Crippen LogP contribution in [0.15, 0.2) is 192 Å². The highest BCUT2D eigenvalue weighted by atomic mass is 16.3. The highest BCUT2D eigenvalue weighted by molar-refractivity contribution is 6.26. The molecule has 0 radical (unpaired) electrons. The van der Waals surface area contributed by atoms with Gasteiger partial charge in [0.15, 0.2) is 17.5 Å². The van der Waals surface area contributed by atoms with E-state index in [9.17, 15) is 0 Å². The van der Waals surface area contributed by atoms with Crippen molar-refractivity contribution >= 4 is 54.3 Å². The van der Waals surface area contributed by atoms with E-state index in [4.69, 9.17) is 26.2 Å². The van der Waals surface area contributed by atoms with E-state index in [1.54, 1.807) is 18.2 Å². The van der Waals surface area contributed by atoms with E-state index in [-0.39, 0.29) is 17.6 Å². The van der Waals surface area contributed by atoms with Gasteiger partial charge in [-0.15, -0.1) is 0 Å². The predicted octanol–water partition coefficient (Wildman–Crippen LogP) is 13.6. The van der Waals surface area contributed by atoms with Gasteiger partial charge < -0.3 is 4.42 Å². The Balaban J connectivity index is 1.10. The first-order valence-electron chi connectivity index (χ1n) is 20.6. The molecule has 9 aromatic carbocycles. The van der Waals surface area contributed by atoms with Crippen molar-refractivity contribution in [3.05, 3.63) is 188 Å². The number of rotatable bonds is 5. The molecule has 4 nitrogen and oxygen atoms in total. The van der Waals surface area contributed by atoms with Gasteiger partial charge in [0.05, 0.1) is 12.4 Å². The second-order valence-corrected chi connectivity index (χ2v) is 13.6. The number of hydrogen-bond acceptors (Lipinski definition) is 4. The van der Waals surface area contributed by atoms with Gasteiger partial charge in [-0.05, 0) is 78.8 Å². The van der Waals surface area contributed by atoms with Gasteiger partial charge in [-0.2, -0.15) is 0 Å². The lowest BCUT2D eigenvalue weighted by atomic mass is 9.91. The van der Waals surface area contributed by atoms with E-state index >= 15 is 0 Å². The molecule has 2 aromatic heterocycles. The summed E-state index contributed by atoms with van der Waals surface area (Å²) in [7, 11) is 0. The maximum Gasteiger partial charge on any atom is 0.167 e. The van der Waals surface area contributed by atoms with E-state index in [1.165, 1.54) is 32.3 Å². The maximum absolute atomic E-state index is 8.61. The van der Waals surface area contributed by atoms with Crippen LogP contribution in [0, 0.1) is 0 Å². The van der Waals surface area contributed by atoms with Crippen LogP contribution in [0.2, 0.25) is 0 Å². The molecule has 0 unspecified atom stereocenters. The molecule has 0 N–H and O–H groups in total. The first kappa shape index (κ1) is 26.4. The van der Waals surface area contributed by atoms with Crippen molar-refractivity contribution < 1.29 is 11.3 Å². The van der Waals surface area contributed by atoms with Crippen LogP contribution in [-0.4, -0.2) is 15.0 Å². The average Bonchev–Trinajstić information content (AvgIpc) is 3.70. The van der Waals surface area contributed by atoms with Crippen LogP contribution < -0.4 is 0 Å². The first-order chi connectivity index (χ1) is 29.3. The van der Waals surface area contributed by atoms with E-state index in [0.717, 1.165) is 33.0 Å². The molecule has 4 heteroatoms. The van der Waals surface area contributed by atoms with Gasteiger partial charge in [0, 0.05) is 21.9 Å². The third kappa shape index (κ3) is 5.19. The molecule has 0 amide bonds. The van der Waals surface area contributed by atoms with Crippen molar-refractivity contribution in [1.29, 1.82) is 0 Å². The van der Waals surface area contributed by atoms with E-state index < -0.39 is 18.1 Å². The minimum atomic E-state index is -0.439. The van der Waals surface area contributed by atoms with Crippen molar-refractivity contribution in [2.24, 2.45) is 0 Å². The Morgan fingerprint density at radius 1 is 0.364 bits per heavy atom. The molecule has 55 heavy (non-hydrogen) atoms. The van der Waals surface area contributed by atoms with Crippen LogP contribution in [0.25, 0.3) is 111 Å². The van der Waals surface area contributed by atoms with E-state index in [1.807, 2.05) is 60.7 Å². The van der Waals surface area contributed by atoms with Gasteiger partial charge in [-0.25, -0.2) is 15.0 Å². The van der Waals surface area contributed by atoms with Crippen LogP contribution in [0.5, 0.6) is 0 Å². The Morgan fingerprint density at radius 2 is 0.927 bits per heavy atom. The molecule has 0 bridgehead atoms. The number of furan rings is 1. The monoisotopic (exact) mass is 706 g/mol. The summed E-state index contributed by atoms with van der Waals surface area (Å²) in [5.74, 6) is 1.22. The second-order valence-electron chi connectivity index (χ2n) is 13.6. The fourth-order valence-corrected chi connectivity index (χ4v) is 7.89. The lowest BCUT2D eigenvalue weighted by molar-refractivity contribution is 0.669. The van der Waals surface area contributed by atoms with Crippen LogP contribution in [-0.2, 0) is 0 Å². The Labute approximate surface area is 324 Å². The van der Waals surface area contributed by atoms with Crippen molar-refractivity contribution in [3.63, 3.8) is 0 Å². The molecule has 11 rings (SSSR count). The van der Waals surface area contributed by atoms with Crippen LogP contribution in [0.1, 0.15) is 6.85 Å². The van der Waals surface area contributed by atoms with Gasteiger partial charge in [0.2, 0.25) is 0 Å². The van der Waals surface area contributed by atoms with Crippen LogP contribution >= 0.6 is 0 Å². The molecule has 0 saturated carbocycles. The Hall–Kier alpha value is -7.43. The largest absolute Gasteiger partial charge is 0.455 e. The highest BCUT2D eigenvalue weighted by Crippen LogP contribution is 2.43. The Kier molecular flexibility index (Phi) is 6.04. The standard InChI is InChI=1S/C51H31N3O/c1-3-14-32(15-4-1)34-18-11-19-36(30-34)50-52-49(33-16-5-2-6-17-33)53-51(54-50)44-26-12-25-43-47-37(24-13-27-46(47)55-48(43)44)35-28-29-42-40-22-8-7-20-38(40)39-21-9-10-23-41(39)45(42)31-35/h1-31H/i1D,3D,4D,14D,15D. The number of para-hydroxylation sites is 1. The van der Waals surface area contributed by atoms with Crippen LogP contribution in [0.3, 0.4) is 0 Å². The topological polar surface area (TPSA) is 51.8 Å². The third-order valence-electron chi connectivity index (χ3n) is 10.4. The van der Waals surface area contributed by atoms with Crippen molar-refractivity contribution in [3.8, 4) is 56.4 Å². The average molecular weight is 707 g/mol. The van der Waals surface area contributed by atoms with Gasteiger partial charge in [-0.1, -0.05) is 164 Å². The normalized spacial score (nSPS) is 12.9. The lowest BCUT2D eigenvalue weighted by Crippen LogP contribution is -2.00. The molecule has 0 aliphatic heterocycles. The molecule has 0 saturated heterocycles. The maximum atomic E-state index is 8.61. The molecule has 0 fully saturated rings. The number of fused-ring (bicyclic) bond motifs is 9. The molecule has 2 heterocycles. The molecule has 0 spiro atoms. The summed E-state index contributed by atoms with van der Waals surface area (Å²) in [5, 5.41) is 9.20. The summed E-state index contributed by atoms with van der Waals surface area (Å²) in [6.45, 7) is 0.